The molecule has 0 spiro atoms. The van der Waals surface area contributed by atoms with Crippen molar-refractivity contribution in [2.75, 3.05) is 5.32 Å². The van der Waals surface area contributed by atoms with E-state index in [0.717, 1.165) is 62.5 Å². The SMILES string of the molecule is CC(=O)Nc1cc(C(=O)N[C@H]2CCCC[C@@H]2OCc2ccccc2)n(CC(=O)NC2CCCC[C@@H]2OCc2ccccc2)n1. The summed E-state index contributed by atoms with van der Waals surface area (Å²) in [6, 6.07) is 21.2. The number of anilines is 1. The second kappa shape index (κ2) is 15.6. The molecule has 1 unspecified atom stereocenters. The van der Waals surface area contributed by atoms with Gasteiger partial charge in [-0.1, -0.05) is 86.3 Å². The molecule has 44 heavy (non-hydrogen) atoms. The van der Waals surface area contributed by atoms with Crippen LogP contribution in [0.15, 0.2) is 66.7 Å². The molecule has 10 nitrogen and oxygen atoms in total. The van der Waals surface area contributed by atoms with Crippen LogP contribution in [0.2, 0.25) is 0 Å². The molecule has 3 amide bonds. The largest absolute Gasteiger partial charge is 0.371 e. The number of amides is 3. The summed E-state index contributed by atoms with van der Waals surface area (Å²) in [6.07, 6.45) is 7.20. The molecular formula is C34H43N5O5. The number of carbonyl (C=O) groups excluding carboxylic acids is 3. The Morgan fingerprint density at radius 3 is 1.84 bits per heavy atom. The second-order valence-corrected chi connectivity index (χ2v) is 11.7. The number of hydrogen-bond donors (Lipinski definition) is 3. The summed E-state index contributed by atoms with van der Waals surface area (Å²) < 4.78 is 13.8. The minimum Gasteiger partial charge on any atom is -0.371 e. The van der Waals surface area contributed by atoms with Crippen LogP contribution in [0.3, 0.4) is 0 Å². The molecule has 3 N–H and O–H groups in total. The number of nitrogens with one attached hydrogen (secondary N) is 3. The molecule has 0 bridgehead atoms. The first-order valence-electron chi connectivity index (χ1n) is 15.7. The highest BCUT2D eigenvalue weighted by molar-refractivity contribution is 5.95. The fourth-order valence-electron chi connectivity index (χ4n) is 6.07. The highest BCUT2D eigenvalue weighted by Gasteiger charge is 2.31. The van der Waals surface area contributed by atoms with Crippen molar-refractivity contribution in [3.63, 3.8) is 0 Å². The van der Waals surface area contributed by atoms with E-state index in [9.17, 15) is 14.4 Å². The summed E-state index contributed by atoms with van der Waals surface area (Å²) in [5, 5.41) is 13.3. The predicted octanol–water partition coefficient (Wildman–Crippen LogP) is 4.74. The average Bonchev–Trinajstić information content (AvgIpc) is 3.42. The molecule has 2 saturated carbocycles. The maximum Gasteiger partial charge on any atom is 0.269 e. The number of rotatable bonds is 12. The minimum absolute atomic E-state index is 0.0950. The van der Waals surface area contributed by atoms with E-state index in [0.29, 0.717) is 13.2 Å². The van der Waals surface area contributed by atoms with Gasteiger partial charge < -0.3 is 25.4 Å². The zero-order valence-electron chi connectivity index (χ0n) is 25.4. The van der Waals surface area contributed by atoms with Crippen molar-refractivity contribution in [2.24, 2.45) is 0 Å². The average molecular weight is 602 g/mol. The molecule has 5 rings (SSSR count). The predicted molar refractivity (Wildman–Crippen MR) is 167 cm³/mol. The van der Waals surface area contributed by atoms with Gasteiger partial charge in [0.15, 0.2) is 5.82 Å². The molecule has 0 radical (unpaired) electrons. The molecule has 1 heterocycles. The lowest BCUT2D eigenvalue weighted by atomic mass is 9.92. The third kappa shape index (κ3) is 9.00. The van der Waals surface area contributed by atoms with Gasteiger partial charge in [-0.2, -0.15) is 5.10 Å². The van der Waals surface area contributed by atoms with Crippen LogP contribution in [-0.2, 0) is 38.8 Å². The molecule has 0 saturated heterocycles. The third-order valence-electron chi connectivity index (χ3n) is 8.29. The highest BCUT2D eigenvalue weighted by Crippen LogP contribution is 2.24. The van der Waals surface area contributed by atoms with E-state index in [-0.39, 0.29) is 60.1 Å². The van der Waals surface area contributed by atoms with Crippen LogP contribution in [0.1, 0.15) is 79.9 Å². The number of aromatic nitrogens is 2. The van der Waals surface area contributed by atoms with E-state index in [4.69, 9.17) is 9.47 Å². The number of hydrogen-bond acceptors (Lipinski definition) is 6. The molecule has 2 aliphatic carbocycles. The van der Waals surface area contributed by atoms with Gasteiger partial charge in [0.1, 0.15) is 12.2 Å². The van der Waals surface area contributed by atoms with Gasteiger partial charge in [0.2, 0.25) is 11.8 Å². The zero-order chi connectivity index (χ0) is 30.7. The minimum atomic E-state index is -0.358. The number of carbonyl (C=O) groups is 3. The van der Waals surface area contributed by atoms with Gasteiger partial charge in [0, 0.05) is 13.0 Å². The fraction of sp³-hybridized carbons (Fsp3) is 0.471. The Morgan fingerprint density at radius 2 is 1.30 bits per heavy atom. The van der Waals surface area contributed by atoms with E-state index in [1.54, 1.807) is 0 Å². The molecular weight excluding hydrogens is 558 g/mol. The Kier molecular flexibility index (Phi) is 11.2. The van der Waals surface area contributed by atoms with Crippen LogP contribution in [0.5, 0.6) is 0 Å². The van der Waals surface area contributed by atoms with Gasteiger partial charge in [-0.3, -0.25) is 14.4 Å². The molecule has 3 aromatic rings. The van der Waals surface area contributed by atoms with Gasteiger partial charge in [-0.15, -0.1) is 0 Å². The van der Waals surface area contributed by atoms with Crippen molar-refractivity contribution in [1.29, 1.82) is 0 Å². The molecule has 2 aromatic carbocycles. The highest BCUT2D eigenvalue weighted by atomic mass is 16.5. The maximum atomic E-state index is 13.6. The Balaban J connectivity index is 1.23. The Hall–Kier alpha value is -4.02. The van der Waals surface area contributed by atoms with Crippen molar-refractivity contribution in [1.82, 2.24) is 20.4 Å². The van der Waals surface area contributed by atoms with E-state index < -0.39 is 0 Å². The first-order chi connectivity index (χ1) is 21.4. The molecule has 2 aliphatic rings. The normalized spacial score (nSPS) is 21.8. The summed E-state index contributed by atoms with van der Waals surface area (Å²) in [4.78, 5) is 38.7. The first-order valence-corrected chi connectivity index (χ1v) is 15.7. The van der Waals surface area contributed by atoms with Crippen molar-refractivity contribution in [2.45, 2.75) is 102 Å². The topological polar surface area (TPSA) is 124 Å². The Bertz CT molecular complexity index is 1380. The number of ether oxygens (including phenoxy) is 2. The smallest absolute Gasteiger partial charge is 0.269 e. The zero-order valence-corrected chi connectivity index (χ0v) is 25.4. The monoisotopic (exact) mass is 601 g/mol. The van der Waals surface area contributed by atoms with Gasteiger partial charge in [0.05, 0.1) is 37.5 Å². The van der Waals surface area contributed by atoms with Crippen LogP contribution >= 0.6 is 0 Å². The molecule has 0 aliphatic heterocycles. The van der Waals surface area contributed by atoms with Crippen molar-refractivity contribution in [3.05, 3.63) is 83.6 Å². The lowest BCUT2D eigenvalue weighted by molar-refractivity contribution is -0.124. The molecule has 234 valence electrons. The number of benzene rings is 2. The van der Waals surface area contributed by atoms with Crippen molar-refractivity contribution < 1.29 is 23.9 Å². The summed E-state index contributed by atoms with van der Waals surface area (Å²) in [5.41, 5.74) is 2.38. The summed E-state index contributed by atoms with van der Waals surface area (Å²) in [6.45, 7) is 2.17. The molecule has 4 atom stereocenters. The van der Waals surface area contributed by atoms with Crippen LogP contribution < -0.4 is 16.0 Å². The van der Waals surface area contributed by atoms with Gasteiger partial charge in [-0.05, 0) is 36.8 Å². The summed E-state index contributed by atoms with van der Waals surface area (Å²) >= 11 is 0. The summed E-state index contributed by atoms with van der Waals surface area (Å²) in [7, 11) is 0. The fourth-order valence-corrected chi connectivity index (χ4v) is 6.07. The van der Waals surface area contributed by atoms with Gasteiger partial charge in [-0.25, -0.2) is 4.68 Å². The van der Waals surface area contributed by atoms with Crippen molar-refractivity contribution >= 4 is 23.5 Å². The maximum absolute atomic E-state index is 13.6. The van der Waals surface area contributed by atoms with Crippen LogP contribution in [-0.4, -0.2) is 51.8 Å². The quantitative estimate of drug-likeness (QED) is 0.276. The summed E-state index contributed by atoms with van der Waals surface area (Å²) in [5.74, 6) is -0.714. The van der Waals surface area contributed by atoms with Crippen LogP contribution in [0.4, 0.5) is 5.82 Å². The molecule has 2 fully saturated rings. The standard InChI is InChI=1S/C34H43N5O5/c1-24(40)35-32-20-29(34(42)37-28-17-9-11-19-31(28)44-23-26-14-6-3-7-15-26)39(38-32)21-33(41)36-27-16-8-10-18-30(27)43-22-25-12-4-2-5-13-25/h2-7,12-15,20,27-28,30-31H,8-11,16-19,21-23H2,1H3,(H,36,41)(H,37,42)(H,35,38,40)/t27?,28-,30-,31-/m0/s1. The third-order valence-corrected chi connectivity index (χ3v) is 8.29. The molecule has 1 aromatic heterocycles. The Labute approximate surface area is 258 Å². The first kappa shape index (κ1) is 31.4. The second-order valence-electron chi connectivity index (χ2n) is 11.7. The van der Waals surface area contributed by atoms with E-state index in [1.807, 2.05) is 60.7 Å². The van der Waals surface area contributed by atoms with Crippen LogP contribution in [0, 0.1) is 0 Å². The van der Waals surface area contributed by atoms with E-state index in [1.165, 1.54) is 17.7 Å². The number of nitrogens with zero attached hydrogens (tertiary/aromatic N) is 2. The Morgan fingerprint density at radius 1 is 0.773 bits per heavy atom. The van der Waals surface area contributed by atoms with Gasteiger partial charge in [0.25, 0.3) is 5.91 Å². The lowest BCUT2D eigenvalue weighted by Gasteiger charge is -2.32. The van der Waals surface area contributed by atoms with E-state index in [2.05, 4.69) is 21.0 Å². The van der Waals surface area contributed by atoms with Crippen LogP contribution in [0.25, 0.3) is 0 Å². The molecule has 10 heteroatoms. The lowest BCUT2D eigenvalue weighted by Crippen LogP contribution is -2.48. The van der Waals surface area contributed by atoms with E-state index >= 15 is 0 Å². The van der Waals surface area contributed by atoms with Gasteiger partial charge >= 0.3 is 0 Å². The van der Waals surface area contributed by atoms with Crippen molar-refractivity contribution in [3.8, 4) is 0 Å².